The molecule has 2 saturated heterocycles. The van der Waals surface area contributed by atoms with Gasteiger partial charge in [0.1, 0.15) is 5.82 Å². The molecule has 0 atom stereocenters. The summed E-state index contributed by atoms with van der Waals surface area (Å²) in [6.07, 6.45) is 1.24. The third kappa shape index (κ3) is 3.14. The topological polar surface area (TPSA) is 18.5 Å². The molecule has 0 saturated carbocycles. The van der Waals surface area contributed by atoms with E-state index in [0.717, 1.165) is 44.8 Å². The van der Waals surface area contributed by atoms with Crippen molar-refractivity contribution in [3.63, 3.8) is 0 Å². The van der Waals surface area contributed by atoms with E-state index in [1.54, 1.807) is 12.1 Å². The Bertz CT molecular complexity index is 410. The molecule has 0 aromatic heterocycles. The lowest BCUT2D eigenvalue weighted by molar-refractivity contribution is 0.0315. The molecule has 2 heterocycles. The summed E-state index contributed by atoms with van der Waals surface area (Å²) in [5, 5.41) is 3.43. The second kappa shape index (κ2) is 5.99. The maximum Gasteiger partial charge on any atom is 0.127 e. The Labute approximate surface area is 114 Å². The average Bonchev–Trinajstić information content (AvgIpc) is 2.64. The molecule has 0 bridgehead atoms. The Morgan fingerprint density at radius 3 is 2.84 bits per heavy atom. The minimum atomic E-state index is -0.0788. The van der Waals surface area contributed by atoms with Crippen LogP contribution in [0.1, 0.15) is 12.0 Å². The average molecular weight is 263 g/mol. The van der Waals surface area contributed by atoms with Gasteiger partial charge in [0.25, 0.3) is 0 Å². The van der Waals surface area contributed by atoms with Crippen LogP contribution in [0, 0.1) is 5.82 Å². The summed E-state index contributed by atoms with van der Waals surface area (Å²) in [4.78, 5) is 4.92. The van der Waals surface area contributed by atoms with Crippen molar-refractivity contribution >= 4 is 0 Å². The van der Waals surface area contributed by atoms with Crippen molar-refractivity contribution in [3.05, 3.63) is 35.6 Å². The van der Waals surface area contributed by atoms with Crippen molar-refractivity contribution in [1.82, 2.24) is 15.1 Å². The molecule has 0 unspecified atom stereocenters. The highest BCUT2D eigenvalue weighted by atomic mass is 19.1. The second-order valence-electron chi connectivity index (χ2n) is 5.58. The number of hydrogen-bond acceptors (Lipinski definition) is 3. The van der Waals surface area contributed by atoms with Gasteiger partial charge in [0.05, 0.1) is 0 Å². The fourth-order valence-corrected chi connectivity index (χ4v) is 3.00. The highest BCUT2D eigenvalue weighted by Crippen LogP contribution is 2.19. The summed E-state index contributed by atoms with van der Waals surface area (Å²) in [7, 11) is 0. The predicted octanol–water partition coefficient (Wildman–Crippen LogP) is 1.31. The van der Waals surface area contributed by atoms with Crippen molar-refractivity contribution in [1.29, 1.82) is 0 Å². The Hall–Kier alpha value is -0.970. The SMILES string of the molecule is Fc1ccccc1CN1CC(N2CCCNCC2)C1. The molecule has 104 valence electrons. The van der Waals surface area contributed by atoms with Gasteiger partial charge in [0.15, 0.2) is 0 Å². The summed E-state index contributed by atoms with van der Waals surface area (Å²) in [6, 6.07) is 7.77. The maximum atomic E-state index is 13.6. The first-order chi connectivity index (χ1) is 9.33. The van der Waals surface area contributed by atoms with Gasteiger partial charge in [0, 0.05) is 44.3 Å². The Kier molecular flexibility index (Phi) is 4.11. The van der Waals surface area contributed by atoms with Crippen LogP contribution in [0.15, 0.2) is 24.3 Å². The summed E-state index contributed by atoms with van der Waals surface area (Å²) in [5.41, 5.74) is 0.818. The Morgan fingerprint density at radius 1 is 1.16 bits per heavy atom. The fraction of sp³-hybridized carbons (Fsp3) is 0.600. The number of likely N-dealkylation sites (tertiary alicyclic amines) is 1. The van der Waals surface area contributed by atoms with E-state index in [1.165, 1.54) is 13.0 Å². The van der Waals surface area contributed by atoms with Crippen LogP contribution >= 0.6 is 0 Å². The maximum absolute atomic E-state index is 13.6. The molecule has 0 amide bonds. The molecule has 0 radical (unpaired) electrons. The number of halogens is 1. The van der Waals surface area contributed by atoms with E-state index in [1.807, 2.05) is 12.1 Å². The van der Waals surface area contributed by atoms with Gasteiger partial charge in [-0.3, -0.25) is 9.80 Å². The molecule has 4 heteroatoms. The van der Waals surface area contributed by atoms with E-state index >= 15 is 0 Å². The fourth-order valence-electron chi connectivity index (χ4n) is 3.00. The molecule has 2 aliphatic heterocycles. The first-order valence-electron chi connectivity index (χ1n) is 7.23. The molecular formula is C15H22FN3. The minimum Gasteiger partial charge on any atom is -0.315 e. The summed E-state index contributed by atoms with van der Waals surface area (Å²) in [6.45, 7) is 7.49. The lowest BCUT2D eigenvalue weighted by atomic mass is 10.0. The zero-order valence-electron chi connectivity index (χ0n) is 11.3. The van der Waals surface area contributed by atoms with E-state index in [-0.39, 0.29) is 5.82 Å². The molecule has 19 heavy (non-hydrogen) atoms. The zero-order valence-corrected chi connectivity index (χ0v) is 11.3. The normalized spacial score (nSPS) is 23.0. The van der Waals surface area contributed by atoms with Gasteiger partial charge in [-0.15, -0.1) is 0 Å². The zero-order chi connectivity index (χ0) is 13.1. The standard InChI is InChI=1S/C15H22FN3/c16-15-5-2-1-4-13(15)10-18-11-14(12-18)19-8-3-6-17-7-9-19/h1-2,4-5,14,17H,3,6-12H2. The van der Waals surface area contributed by atoms with Gasteiger partial charge < -0.3 is 5.32 Å². The number of nitrogens with one attached hydrogen (secondary N) is 1. The third-order valence-electron chi connectivity index (χ3n) is 4.18. The molecule has 1 aromatic carbocycles. The number of rotatable bonds is 3. The van der Waals surface area contributed by atoms with Crippen LogP contribution in [0.2, 0.25) is 0 Å². The van der Waals surface area contributed by atoms with Crippen molar-refractivity contribution in [2.45, 2.75) is 19.0 Å². The van der Waals surface area contributed by atoms with Gasteiger partial charge in [-0.1, -0.05) is 18.2 Å². The van der Waals surface area contributed by atoms with E-state index in [9.17, 15) is 4.39 Å². The molecule has 0 spiro atoms. The minimum absolute atomic E-state index is 0.0788. The molecule has 3 nitrogen and oxygen atoms in total. The van der Waals surface area contributed by atoms with Crippen LogP contribution in [-0.4, -0.2) is 55.1 Å². The first kappa shape index (κ1) is 13.0. The van der Waals surface area contributed by atoms with Gasteiger partial charge >= 0.3 is 0 Å². The van der Waals surface area contributed by atoms with Crippen LogP contribution in [0.5, 0.6) is 0 Å². The third-order valence-corrected chi connectivity index (χ3v) is 4.18. The molecular weight excluding hydrogens is 241 g/mol. The van der Waals surface area contributed by atoms with Crippen LogP contribution in [0.3, 0.4) is 0 Å². The largest absolute Gasteiger partial charge is 0.315 e. The Balaban J connectivity index is 1.48. The lowest BCUT2D eigenvalue weighted by Gasteiger charge is -2.45. The molecule has 2 aliphatic rings. The van der Waals surface area contributed by atoms with Crippen molar-refractivity contribution in [2.75, 3.05) is 39.3 Å². The van der Waals surface area contributed by atoms with E-state index in [2.05, 4.69) is 15.1 Å². The second-order valence-corrected chi connectivity index (χ2v) is 5.58. The molecule has 3 rings (SSSR count). The first-order valence-corrected chi connectivity index (χ1v) is 7.23. The van der Waals surface area contributed by atoms with Crippen molar-refractivity contribution < 1.29 is 4.39 Å². The van der Waals surface area contributed by atoms with Crippen LogP contribution < -0.4 is 5.32 Å². The van der Waals surface area contributed by atoms with Gasteiger partial charge in [-0.25, -0.2) is 4.39 Å². The Morgan fingerprint density at radius 2 is 2.00 bits per heavy atom. The molecule has 2 fully saturated rings. The van der Waals surface area contributed by atoms with E-state index in [4.69, 9.17) is 0 Å². The lowest BCUT2D eigenvalue weighted by Crippen LogP contribution is -2.59. The van der Waals surface area contributed by atoms with Crippen molar-refractivity contribution in [3.8, 4) is 0 Å². The monoisotopic (exact) mass is 263 g/mol. The smallest absolute Gasteiger partial charge is 0.127 e. The van der Waals surface area contributed by atoms with Crippen LogP contribution in [0.4, 0.5) is 4.39 Å². The number of nitrogens with zero attached hydrogens (tertiary/aromatic N) is 2. The van der Waals surface area contributed by atoms with Crippen LogP contribution in [-0.2, 0) is 6.54 Å². The predicted molar refractivity (Wildman–Crippen MR) is 74.5 cm³/mol. The molecule has 0 aliphatic carbocycles. The highest BCUT2D eigenvalue weighted by molar-refractivity contribution is 5.17. The summed E-state index contributed by atoms with van der Waals surface area (Å²) >= 11 is 0. The number of hydrogen-bond donors (Lipinski definition) is 1. The molecule has 1 aromatic rings. The molecule has 1 N–H and O–H groups in total. The van der Waals surface area contributed by atoms with Crippen molar-refractivity contribution in [2.24, 2.45) is 0 Å². The highest BCUT2D eigenvalue weighted by Gasteiger charge is 2.31. The number of benzene rings is 1. The quantitative estimate of drug-likeness (QED) is 0.887. The van der Waals surface area contributed by atoms with Gasteiger partial charge in [0.2, 0.25) is 0 Å². The summed E-state index contributed by atoms with van der Waals surface area (Å²) in [5.74, 6) is -0.0788. The van der Waals surface area contributed by atoms with Crippen LogP contribution in [0.25, 0.3) is 0 Å². The van der Waals surface area contributed by atoms with E-state index in [0.29, 0.717) is 6.04 Å². The summed E-state index contributed by atoms with van der Waals surface area (Å²) < 4.78 is 13.6. The van der Waals surface area contributed by atoms with Gasteiger partial charge in [-0.2, -0.15) is 0 Å². The van der Waals surface area contributed by atoms with Gasteiger partial charge in [-0.05, 0) is 25.6 Å². The van der Waals surface area contributed by atoms with E-state index < -0.39 is 0 Å².